The monoisotopic (exact) mass is 406 g/mol. The Hall–Kier alpha value is -3.01. The second kappa shape index (κ2) is 8.34. The maximum Gasteiger partial charge on any atom is 0.192 e. The van der Waals surface area contributed by atoms with Crippen molar-refractivity contribution in [2.45, 2.75) is 17.5 Å². The van der Waals surface area contributed by atoms with Gasteiger partial charge in [0.15, 0.2) is 11.0 Å². The van der Waals surface area contributed by atoms with Gasteiger partial charge in [0.05, 0.1) is 24.4 Å². The average Bonchev–Trinajstić information content (AvgIpc) is 3.38. The topological polar surface area (TPSA) is 67.6 Å². The fourth-order valence-electron chi connectivity index (χ4n) is 2.79. The number of aromatic nitrogens is 3. The van der Waals surface area contributed by atoms with E-state index in [-0.39, 0.29) is 0 Å². The lowest BCUT2D eigenvalue weighted by Gasteiger charge is -2.09. The first-order chi connectivity index (χ1) is 13.7. The smallest absolute Gasteiger partial charge is 0.192 e. The molecule has 0 aliphatic carbocycles. The van der Waals surface area contributed by atoms with Crippen LogP contribution in [-0.2, 0) is 12.3 Å². The van der Waals surface area contributed by atoms with Crippen LogP contribution in [0.3, 0.4) is 0 Å². The van der Waals surface area contributed by atoms with Crippen molar-refractivity contribution in [2.24, 2.45) is 0 Å². The molecule has 0 atom stereocenters. The van der Waals surface area contributed by atoms with Gasteiger partial charge in [0.1, 0.15) is 5.76 Å². The third kappa shape index (κ3) is 4.11. The minimum absolute atomic E-state index is 0.526. The molecule has 28 heavy (non-hydrogen) atoms. The van der Waals surface area contributed by atoms with Crippen LogP contribution < -0.4 is 0 Å². The second-order valence-corrected chi connectivity index (χ2v) is 7.46. The summed E-state index contributed by atoms with van der Waals surface area (Å²) < 4.78 is 7.55. The summed E-state index contributed by atoms with van der Waals surface area (Å²) in [4.78, 5) is 0. The number of furan rings is 1. The Morgan fingerprint density at radius 1 is 1.07 bits per heavy atom. The van der Waals surface area contributed by atoms with Crippen LogP contribution in [-0.4, -0.2) is 14.8 Å². The van der Waals surface area contributed by atoms with Gasteiger partial charge in [-0.1, -0.05) is 35.5 Å². The zero-order valence-corrected chi connectivity index (χ0v) is 16.3. The third-order valence-corrected chi connectivity index (χ3v) is 5.43. The molecule has 0 unspecified atom stereocenters. The van der Waals surface area contributed by atoms with Crippen LogP contribution in [0.4, 0.5) is 0 Å². The van der Waals surface area contributed by atoms with Crippen molar-refractivity contribution in [1.29, 1.82) is 5.26 Å². The van der Waals surface area contributed by atoms with E-state index in [2.05, 4.69) is 16.3 Å². The van der Waals surface area contributed by atoms with Crippen molar-refractivity contribution < 1.29 is 4.42 Å². The summed E-state index contributed by atoms with van der Waals surface area (Å²) in [5, 5.41) is 19.3. The number of halogens is 1. The van der Waals surface area contributed by atoms with Crippen molar-refractivity contribution in [3.05, 3.63) is 88.8 Å². The van der Waals surface area contributed by atoms with E-state index in [1.165, 1.54) is 0 Å². The maximum atomic E-state index is 9.08. The van der Waals surface area contributed by atoms with Gasteiger partial charge in [-0.25, -0.2) is 0 Å². The van der Waals surface area contributed by atoms with Gasteiger partial charge < -0.3 is 4.42 Å². The Morgan fingerprint density at radius 3 is 2.68 bits per heavy atom. The van der Waals surface area contributed by atoms with E-state index in [0.717, 1.165) is 27.9 Å². The molecule has 5 nitrogen and oxygen atoms in total. The zero-order valence-electron chi connectivity index (χ0n) is 14.7. The fraction of sp³-hybridized carbons (Fsp3) is 0.0952. The van der Waals surface area contributed by atoms with Gasteiger partial charge in [-0.05, 0) is 54.1 Å². The molecule has 0 radical (unpaired) electrons. The van der Waals surface area contributed by atoms with Gasteiger partial charge >= 0.3 is 0 Å². The predicted molar refractivity (Wildman–Crippen MR) is 109 cm³/mol. The van der Waals surface area contributed by atoms with Crippen LogP contribution in [0.1, 0.15) is 16.9 Å². The van der Waals surface area contributed by atoms with E-state index in [1.807, 2.05) is 59.2 Å². The molecule has 0 N–H and O–H groups in total. The lowest BCUT2D eigenvalue weighted by Crippen LogP contribution is -2.03. The van der Waals surface area contributed by atoms with Crippen molar-refractivity contribution >= 4 is 23.4 Å². The lowest BCUT2D eigenvalue weighted by atomic mass is 10.2. The molecular weight excluding hydrogens is 392 g/mol. The molecule has 4 aromatic rings. The molecule has 7 heteroatoms. The zero-order chi connectivity index (χ0) is 19.3. The molecule has 138 valence electrons. The number of hydrogen-bond acceptors (Lipinski definition) is 5. The molecule has 0 bridgehead atoms. The van der Waals surface area contributed by atoms with E-state index in [1.54, 1.807) is 24.1 Å². The quantitative estimate of drug-likeness (QED) is 0.401. The van der Waals surface area contributed by atoms with Crippen LogP contribution >= 0.6 is 23.4 Å². The second-order valence-electron chi connectivity index (χ2n) is 6.08. The van der Waals surface area contributed by atoms with E-state index in [9.17, 15) is 0 Å². The summed E-state index contributed by atoms with van der Waals surface area (Å²) in [5.41, 5.74) is 2.64. The number of nitrogens with zero attached hydrogens (tertiary/aromatic N) is 4. The number of nitriles is 1. The minimum Gasteiger partial charge on any atom is -0.467 e. The van der Waals surface area contributed by atoms with E-state index in [4.69, 9.17) is 21.3 Å². The first-order valence-electron chi connectivity index (χ1n) is 8.56. The number of benzene rings is 2. The molecule has 2 aromatic heterocycles. The van der Waals surface area contributed by atoms with E-state index in [0.29, 0.717) is 22.9 Å². The highest BCUT2D eigenvalue weighted by Gasteiger charge is 2.16. The minimum atomic E-state index is 0.526. The van der Waals surface area contributed by atoms with Gasteiger partial charge in [0, 0.05) is 16.3 Å². The van der Waals surface area contributed by atoms with Gasteiger partial charge in [0.25, 0.3) is 0 Å². The highest BCUT2D eigenvalue weighted by atomic mass is 35.5. The van der Waals surface area contributed by atoms with Crippen molar-refractivity contribution in [2.75, 3.05) is 0 Å². The number of rotatable bonds is 6. The molecular formula is C21H15ClN4OS. The lowest BCUT2D eigenvalue weighted by molar-refractivity contribution is 0.485. The Balaban J connectivity index is 1.64. The summed E-state index contributed by atoms with van der Waals surface area (Å²) >= 11 is 7.59. The highest BCUT2D eigenvalue weighted by Crippen LogP contribution is 2.28. The van der Waals surface area contributed by atoms with E-state index < -0.39 is 0 Å². The summed E-state index contributed by atoms with van der Waals surface area (Å²) in [6, 6.07) is 21.1. The molecule has 0 aliphatic rings. The van der Waals surface area contributed by atoms with Crippen molar-refractivity contribution in [1.82, 2.24) is 14.8 Å². The van der Waals surface area contributed by atoms with Gasteiger partial charge in [0.2, 0.25) is 0 Å². The van der Waals surface area contributed by atoms with Crippen molar-refractivity contribution in [3.63, 3.8) is 0 Å². The Kier molecular flexibility index (Phi) is 5.47. The van der Waals surface area contributed by atoms with Gasteiger partial charge in [-0.15, -0.1) is 10.2 Å². The summed E-state index contributed by atoms with van der Waals surface area (Å²) in [5.74, 6) is 2.26. The molecule has 4 rings (SSSR count). The Bertz CT molecular complexity index is 1110. The molecule has 2 heterocycles. The molecule has 0 fully saturated rings. The summed E-state index contributed by atoms with van der Waals surface area (Å²) in [7, 11) is 0. The van der Waals surface area contributed by atoms with Crippen LogP contribution in [0.15, 0.2) is 76.5 Å². The molecule has 2 aromatic carbocycles. The Labute approximate surface area is 171 Å². The summed E-state index contributed by atoms with van der Waals surface area (Å²) in [6.07, 6.45) is 1.65. The molecule has 0 spiro atoms. The standard InChI is InChI=1S/C21H15ClN4OS/c22-18-8-6-17(7-9-18)20-24-25-21(26(20)13-19-5-2-10-27-19)28-14-16-4-1-3-15(11-16)12-23/h1-11H,13-14H2. The first kappa shape index (κ1) is 18.4. The highest BCUT2D eigenvalue weighted by molar-refractivity contribution is 7.98. The molecule has 0 saturated heterocycles. The average molecular weight is 407 g/mol. The fourth-order valence-corrected chi connectivity index (χ4v) is 3.79. The van der Waals surface area contributed by atoms with Crippen LogP contribution in [0.2, 0.25) is 5.02 Å². The first-order valence-corrected chi connectivity index (χ1v) is 9.92. The number of hydrogen-bond donors (Lipinski definition) is 0. The van der Waals surface area contributed by atoms with Crippen LogP contribution in [0.5, 0.6) is 0 Å². The molecule has 0 aliphatic heterocycles. The summed E-state index contributed by atoms with van der Waals surface area (Å²) in [6.45, 7) is 0.526. The number of thioether (sulfide) groups is 1. The molecule has 0 amide bonds. The normalized spacial score (nSPS) is 10.7. The maximum absolute atomic E-state index is 9.08. The largest absolute Gasteiger partial charge is 0.467 e. The molecule has 0 saturated carbocycles. The van der Waals surface area contributed by atoms with Crippen molar-refractivity contribution in [3.8, 4) is 17.5 Å². The van der Waals surface area contributed by atoms with Crippen LogP contribution in [0, 0.1) is 11.3 Å². The van der Waals surface area contributed by atoms with Crippen LogP contribution in [0.25, 0.3) is 11.4 Å². The SMILES string of the molecule is N#Cc1cccc(CSc2nnc(-c3ccc(Cl)cc3)n2Cc2ccco2)c1. The van der Waals surface area contributed by atoms with Gasteiger partial charge in [-0.2, -0.15) is 5.26 Å². The van der Waals surface area contributed by atoms with E-state index >= 15 is 0 Å². The Morgan fingerprint density at radius 2 is 1.93 bits per heavy atom. The van der Waals surface area contributed by atoms with Gasteiger partial charge in [-0.3, -0.25) is 4.57 Å². The predicted octanol–water partition coefficient (Wildman–Crippen LogP) is 5.40. The third-order valence-electron chi connectivity index (χ3n) is 4.14.